The maximum Gasteiger partial charge on any atom is 0.153 e. The van der Waals surface area contributed by atoms with Gasteiger partial charge in [-0.25, -0.2) is 0 Å². The maximum absolute atomic E-state index is 5.77. The van der Waals surface area contributed by atoms with E-state index in [1.807, 2.05) is 0 Å². The predicted molar refractivity (Wildman–Crippen MR) is 74.9 cm³/mol. The number of hydrogen-bond donors (Lipinski definition) is 0. The van der Waals surface area contributed by atoms with Gasteiger partial charge in [-0.05, 0) is 18.9 Å². The molecular formula is C13H28O4Si. The van der Waals surface area contributed by atoms with Crippen molar-refractivity contribution in [2.75, 3.05) is 40.6 Å². The topological polar surface area (TPSA) is 36.9 Å². The molecule has 0 atom stereocenters. The Hall–Kier alpha value is 0.0569. The molecule has 0 bridgehead atoms. The van der Waals surface area contributed by atoms with Crippen molar-refractivity contribution < 1.29 is 18.9 Å². The molecule has 1 aliphatic rings. The van der Waals surface area contributed by atoms with Crippen LogP contribution < -0.4 is 0 Å². The fourth-order valence-corrected chi connectivity index (χ4v) is 3.74. The van der Waals surface area contributed by atoms with Crippen LogP contribution in [0.1, 0.15) is 19.8 Å². The molecule has 0 spiro atoms. The average molecular weight is 276 g/mol. The van der Waals surface area contributed by atoms with Crippen LogP contribution in [-0.4, -0.2) is 56.5 Å². The van der Waals surface area contributed by atoms with Crippen molar-refractivity contribution in [3.8, 4) is 0 Å². The lowest BCUT2D eigenvalue weighted by atomic mass is 9.84. The Balaban J connectivity index is 1.89. The van der Waals surface area contributed by atoms with Crippen molar-refractivity contribution in [1.29, 1.82) is 0 Å². The Kier molecular flexibility index (Phi) is 8.09. The third-order valence-electron chi connectivity index (χ3n) is 3.73. The van der Waals surface area contributed by atoms with E-state index in [0.717, 1.165) is 38.9 Å². The third-order valence-corrected chi connectivity index (χ3v) is 5.61. The van der Waals surface area contributed by atoms with Crippen molar-refractivity contribution in [3.05, 3.63) is 0 Å². The Morgan fingerprint density at radius 3 is 2.50 bits per heavy atom. The molecule has 0 saturated carbocycles. The van der Waals surface area contributed by atoms with E-state index >= 15 is 0 Å². The van der Waals surface area contributed by atoms with E-state index in [1.54, 1.807) is 14.2 Å². The van der Waals surface area contributed by atoms with Gasteiger partial charge >= 0.3 is 0 Å². The van der Waals surface area contributed by atoms with Crippen LogP contribution in [0.3, 0.4) is 0 Å². The van der Waals surface area contributed by atoms with Gasteiger partial charge in [0, 0.05) is 35.8 Å². The zero-order chi connectivity index (χ0) is 13.3. The fourth-order valence-electron chi connectivity index (χ4n) is 2.09. The first kappa shape index (κ1) is 16.1. The number of hydrogen-bond acceptors (Lipinski definition) is 4. The quantitative estimate of drug-likeness (QED) is 0.325. The molecule has 108 valence electrons. The van der Waals surface area contributed by atoms with Crippen LogP contribution in [0.15, 0.2) is 0 Å². The van der Waals surface area contributed by atoms with Gasteiger partial charge in [-0.2, -0.15) is 0 Å². The smallest absolute Gasteiger partial charge is 0.153 e. The van der Waals surface area contributed by atoms with E-state index in [2.05, 4.69) is 6.92 Å². The van der Waals surface area contributed by atoms with Crippen molar-refractivity contribution in [2.45, 2.75) is 38.1 Å². The van der Waals surface area contributed by atoms with Gasteiger partial charge in [-0.3, -0.25) is 0 Å². The highest BCUT2D eigenvalue weighted by Crippen LogP contribution is 2.31. The third kappa shape index (κ3) is 5.36. The summed E-state index contributed by atoms with van der Waals surface area (Å²) in [5, 5.41) is 0. The van der Waals surface area contributed by atoms with Gasteiger partial charge in [0.05, 0.1) is 19.8 Å². The van der Waals surface area contributed by atoms with Crippen LogP contribution in [0, 0.1) is 5.41 Å². The summed E-state index contributed by atoms with van der Waals surface area (Å²) in [6.45, 7) is 5.72. The van der Waals surface area contributed by atoms with Crippen molar-refractivity contribution in [2.24, 2.45) is 5.41 Å². The van der Waals surface area contributed by atoms with Crippen LogP contribution in [0.4, 0.5) is 0 Å². The minimum absolute atomic E-state index is 0.00747. The first-order chi connectivity index (χ1) is 8.76. The van der Waals surface area contributed by atoms with Gasteiger partial charge in [-0.1, -0.05) is 13.0 Å². The molecule has 0 unspecified atom stereocenters. The lowest BCUT2D eigenvalue weighted by Gasteiger charge is -2.40. The van der Waals surface area contributed by atoms with Gasteiger partial charge in [0.2, 0.25) is 0 Å². The lowest BCUT2D eigenvalue weighted by molar-refractivity contribution is -0.150. The monoisotopic (exact) mass is 276 g/mol. The minimum atomic E-state index is -0.0714. The standard InChI is InChI=1S/C13H28O4Si/c1-4-13(10-17-11-13)9-16-6-5-7-18-8-12(14-2)15-3/h12H,4-11,18H2,1-3H3. The summed E-state index contributed by atoms with van der Waals surface area (Å²) in [4.78, 5) is 0. The minimum Gasteiger partial charge on any atom is -0.381 e. The second kappa shape index (κ2) is 9.04. The van der Waals surface area contributed by atoms with Gasteiger partial charge in [0.1, 0.15) is 0 Å². The van der Waals surface area contributed by atoms with E-state index in [9.17, 15) is 0 Å². The van der Waals surface area contributed by atoms with Crippen LogP contribution in [0.25, 0.3) is 0 Å². The first-order valence-electron chi connectivity index (χ1n) is 6.97. The SMILES string of the molecule is CCC1(COCCC[SiH2]CC(OC)OC)COC1. The Labute approximate surface area is 113 Å². The molecule has 1 heterocycles. The fraction of sp³-hybridized carbons (Fsp3) is 1.00. The molecular weight excluding hydrogens is 248 g/mol. The molecule has 0 amide bonds. The van der Waals surface area contributed by atoms with Crippen molar-refractivity contribution in [3.63, 3.8) is 0 Å². The van der Waals surface area contributed by atoms with Crippen LogP contribution in [-0.2, 0) is 18.9 Å². The van der Waals surface area contributed by atoms with E-state index in [1.165, 1.54) is 12.5 Å². The molecule has 1 saturated heterocycles. The van der Waals surface area contributed by atoms with Crippen LogP contribution in [0.2, 0.25) is 12.1 Å². The van der Waals surface area contributed by atoms with E-state index < -0.39 is 0 Å². The lowest BCUT2D eigenvalue weighted by Crippen LogP contribution is -2.45. The number of methoxy groups -OCH3 is 2. The van der Waals surface area contributed by atoms with Crippen LogP contribution >= 0.6 is 0 Å². The summed E-state index contributed by atoms with van der Waals surface area (Å²) in [7, 11) is 3.34. The molecule has 1 aliphatic heterocycles. The van der Waals surface area contributed by atoms with E-state index in [-0.39, 0.29) is 15.8 Å². The summed E-state index contributed by atoms with van der Waals surface area (Å²) in [5.41, 5.74) is 0.328. The molecule has 0 aliphatic carbocycles. The number of rotatable bonds is 11. The molecule has 0 N–H and O–H groups in total. The predicted octanol–water partition coefficient (Wildman–Crippen LogP) is 1.44. The summed E-state index contributed by atoms with van der Waals surface area (Å²) in [5.74, 6) is 0. The molecule has 1 fully saturated rings. The number of ether oxygens (including phenoxy) is 4. The molecule has 1 rings (SSSR count). The first-order valence-corrected chi connectivity index (χ1v) is 8.97. The Bertz CT molecular complexity index is 200. The van der Waals surface area contributed by atoms with Gasteiger partial charge in [-0.15, -0.1) is 0 Å². The Morgan fingerprint density at radius 2 is 2.00 bits per heavy atom. The maximum atomic E-state index is 5.77. The highest BCUT2D eigenvalue weighted by atomic mass is 28.2. The van der Waals surface area contributed by atoms with E-state index in [4.69, 9.17) is 18.9 Å². The summed E-state index contributed by atoms with van der Waals surface area (Å²) >= 11 is 0. The highest BCUT2D eigenvalue weighted by Gasteiger charge is 2.36. The zero-order valence-corrected chi connectivity index (χ0v) is 13.5. The second-order valence-electron chi connectivity index (χ2n) is 5.15. The van der Waals surface area contributed by atoms with Crippen LogP contribution in [0.5, 0.6) is 0 Å². The van der Waals surface area contributed by atoms with Gasteiger partial charge < -0.3 is 18.9 Å². The molecule has 0 aromatic carbocycles. The Morgan fingerprint density at radius 1 is 1.28 bits per heavy atom. The largest absolute Gasteiger partial charge is 0.381 e. The van der Waals surface area contributed by atoms with E-state index in [0.29, 0.717) is 5.41 Å². The van der Waals surface area contributed by atoms with Crippen molar-refractivity contribution in [1.82, 2.24) is 0 Å². The molecule has 0 aromatic rings. The molecule has 5 heteroatoms. The zero-order valence-electron chi connectivity index (χ0n) is 12.1. The second-order valence-corrected chi connectivity index (χ2v) is 7.14. The average Bonchev–Trinajstić information content (AvgIpc) is 2.35. The van der Waals surface area contributed by atoms with Gasteiger partial charge in [0.15, 0.2) is 6.29 Å². The summed E-state index contributed by atoms with van der Waals surface area (Å²) in [6.07, 6.45) is 2.34. The molecule has 0 aromatic heterocycles. The highest BCUT2D eigenvalue weighted by molar-refractivity contribution is 6.35. The molecule has 18 heavy (non-hydrogen) atoms. The van der Waals surface area contributed by atoms with Crippen molar-refractivity contribution >= 4 is 9.52 Å². The normalized spacial score (nSPS) is 18.7. The summed E-state index contributed by atoms with van der Waals surface area (Å²) < 4.78 is 21.4. The summed E-state index contributed by atoms with van der Waals surface area (Å²) in [6, 6.07) is 2.40. The van der Waals surface area contributed by atoms with Gasteiger partial charge in [0.25, 0.3) is 0 Å². The molecule has 0 radical (unpaired) electrons. The molecule has 4 nitrogen and oxygen atoms in total.